The Balaban J connectivity index is 1.35. The predicted octanol–water partition coefficient (Wildman–Crippen LogP) is 14.0. The van der Waals surface area contributed by atoms with Crippen LogP contribution in [0.4, 0.5) is 0 Å². The topological polar surface area (TPSA) is 145 Å². The molecule has 3 aliphatic rings. The molecular formula is C38H32N3O10P5. The van der Waals surface area contributed by atoms with Gasteiger partial charge in [-0.05, 0) is 48.5 Å². The monoisotopic (exact) mass is 845 g/mol. The molecule has 9 rings (SSSR count). The van der Waals surface area contributed by atoms with E-state index in [0.717, 1.165) is 0 Å². The van der Waals surface area contributed by atoms with Crippen molar-refractivity contribution in [3.63, 3.8) is 0 Å². The maximum absolute atomic E-state index is 15.3. The van der Waals surface area contributed by atoms with E-state index in [2.05, 4.69) is 0 Å². The number of hydrogen-bond donors (Lipinski definition) is 0. The highest BCUT2D eigenvalue weighted by Gasteiger charge is 2.54. The number of hydrogen-bond acceptors (Lipinski definition) is 13. The summed E-state index contributed by atoms with van der Waals surface area (Å²) >= 11 is 0. The van der Waals surface area contributed by atoms with Crippen LogP contribution in [0.1, 0.15) is 0 Å². The SMILES string of the molecule is CP(C)(=O)OP1(OP(=O)(Oc2ccccc2)Oc2ccccc2)=NP2(=NP3(=N1)Oc1ccccc1-c1ccccc1O3)Oc1ccccc1-c1ccccc1O2. The summed E-state index contributed by atoms with van der Waals surface area (Å²) < 4.78 is 96.6. The van der Waals surface area contributed by atoms with Gasteiger partial charge in [0.1, 0.15) is 34.5 Å². The van der Waals surface area contributed by atoms with E-state index in [1.807, 2.05) is 48.5 Å². The maximum Gasteiger partial charge on any atom is 0.595 e. The fraction of sp³-hybridized carbons (Fsp3) is 0.0526. The van der Waals surface area contributed by atoms with Crippen molar-refractivity contribution in [2.45, 2.75) is 0 Å². The molecule has 56 heavy (non-hydrogen) atoms. The van der Waals surface area contributed by atoms with Gasteiger partial charge in [-0.3, -0.25) is 4.57 Å². The number of para-hydroxylation sites is 6. The fourth-order valence-electron chi connectivity index (χ4n) is 5.99. The summed E-state index contributed by atoms with van der Waals surface area (Å²) in [6.45, 7) is 2.70. The van der Waals surface area contributed by atoms with Crippen molar-refractivity contribution in [3.05, 3.63) is 158 Å². The molecule has 1 unspecified atom stereocenters. The van der Waals surface area contributed by atoms with Gasteiger partial charge in [0.2, 0.25) is 7.37 Å². The number of phosphoric acid groups is 1. The first-order valence-corrected chi connectivity index (χ1v) is 25.7. The number of fused-ring (bicyclic) bond motifs is 6. The molecule has 0 aliphatic carbocycles. The van der Waals surface area contributed by atoms with Crippen LogP contribution in [0.15, 0.2) is 171 Å². The molecule has 6 aromatic rings. The molecular weight excluding hydrogens is 813 g/mol. The summed E-state index contributed by atoms with van der Waals surface area (Å²) in [6, 6.07) is 45.7. The molecule has 0 aromatic heterocycles. The minimum absolute atomic E-state index is 0.131. The van der Waals surface area contributed by atoms with Crippen molar-refractivity contribution in [2.24, 2.45) is 13.5 Å². The molecule has 6 aromatic carbocycles. The third-order valence-corrected chi connectivity index (χ3v) is 20.2. The summed E-state index contributed by atoms with van der Waals surface area (Å²) in [4.78, 5) is 0. The van der Waals surface area contributed by atoms with E-state index in [1.165, 1.54) is 13.3 Å². The van der Waals surface area contributed by atoms with Crippen molar-refractivity contribution < 1.29 is 44.9 Å². The minimum atomic E-state index is -4.92. The van der Waals surface area contributed by atoms with Crippen LogP contribution in [0.2, 0.25) is 0 Å². The molecule has 0 radical (unpaired) electrons. The second-order valence-electron chi connectivity index (χ2n) is 12.8. The third-order valence-electron chi connectivity index (χ3n) is 8.11. The molecule has 18 heteroatoms. The molecule has 13 nitrogen and oxygen atoms in total. The van der Waals surface area contributed by atoms with Crippen LogP contribution in [-0.4, -0.2) is 13.3 Å². The lowest BCUT2D eigenvalue weighted by molar-refractivity contribution is 0.295. The van der Waals surface area contributed by atoms with Gasteiger partial charge in [-0.25, -0.2) is 8.88 Å². The van der Waals surface area contributed by atoms with E-state index in [9.17, 15) is 4.57 Å². The Labute approximate surface area is 323 Å². The molecule has 0 amide bonds. The van der Waals surface area contributed by atoms with Gasteiger partial charge in [-0.2, -0.15) is 4.31 Å². The molecule has 0 bridgehead atoms. The van der Waals surface area contributed by atoms with Crippen LogP contribution in [0.25, 0.3) is 22.3 Å². The average molecular weight is 846 g/mol. The van der Waals surface area contributed by atoms with Gasteiger partial charge in [0.05, 0.1) is 0 Å². The number of phosphoric ester groups is 1. The van der Waals surface area contributed by atoms with Crippen molar-refractivity contribution in [1.82, 2.24) is 0 Å². The first kappa shape index (κ1) is 36.8. The van der Waals surface area contributed by atoms with Gasteiger partial charge in [0.15, 0.2) is 0 Å². The lowest BCUT2D eigenvalue weighted by atomic mass is 10.0. The minimum Gasteiger partial charge on any atom is -0.413 e. The van der Waals surface area contributed by atoms with Gasteiger partial charge in [0.25, 0.3) is 0 Å². The Morgan fingerprint density at radius 3 is 1.14 bits per heavy atom. The van der Waals surface area contributed by atoms with Gasteiger partial charge < -0.3 is 27.1 Å². The molecule has 284 valence electrons. The van der Waals surface area contributed by atoms with E-state index in [1.54, 1.807) is 109 Å². The highest BCUT2D eigenvalue weighted by atomic mass is 31.3. The van der Waals surface area contributed by atoms with Gasteiger partial charge in [-0.15, -0.1) is 9.03 Å². The lowest BCUT2D eigenvalue weighted by Gasteiger charge is -2.33. The van der Waals surface area contributed by atoms with Crippen LogP contribution in [0.3, 0.4) is 0 Å². The summed E-state index contributed by atoms with van der Waals surface area (Å²) in [6.07, 6.45) is 0. The standard InChI is InChI=1S/C38H32N3O10P5/c1-52(2,42)50-55(51-56(43,44-29-17-5-3-6-18-29)45-30-19-7-4-8-20-30)40-53(46-35-25-13-9-21-31(35)32-22-10-14-26-36(32)47-53)39-54(41-55)48-37-27-15-11-23-33(37)34-24-12-16-28-38(34)49-54/h3-28H,1-2H3. The largest absolute Gasteiger partial charge is 0.595 e. The summed E-state index contributed by atoms with van der Waals surface area (Å²) in [5, 5.41) is 0. The third kappa shape index (κ3) is 7.53. The van der Waals surface area contributed by atoms with Crippen LogP contribution < -0.4 is 27.1 Å². The van der Waals surface area contributed by atoms with Gasteiger partial charge in [-0.1, -0.05) is 114 Å². The summed E-state index contributed by atoms with van der Waals surface area (Å²) in [5.41, 5.74) is 2.75. The van der Waals surface area contributed by atoms with E-state index in [4.69, 9.17) is 49.3 Å². The molecule has 0 saturated heterocycles. The average Bonchev–Trinajstić information content (AvgIpc) is 3.37. The number of nitrogens with zero attached hydrogens (tertiary/aromatic N) is 3. The molecule has 0 fully saturated rings. The van der Waals surface area contributed by atoms with Crippen molar-refractivity contribution in [3.8, 4) is 56.8 Å². The Morgan fingerprint density at radius 2 is 0.768 bits per heavy atom. The molecule has 2 spiro atoms. The maximum atomic E-state index is 15.3. The Hall–Kier alpha value is -4.81. The number of rotatable bonds is 8. The quantitative estimate of drug-likeness (QED) is 0.136. The summed E-state index contributed by atoms with van der Waals surface area (Å²) in [7, 11) is -21.7. The first-order chi connectivity index (χ1) is 27.0. The van der Waals surface area contributed by atoms with Crippen molar-refractivity contribution >= 4 is 38.2 Å². The number of benzene rings is 6. The zero-order valence-corrected chi connectivity index (χ0v) is 34.1. The Kier molecular flexibility index (Phi) is 9.39. The highest BCUT2D eigenvalue weighted by Crippen LogP contribution is 2.85. The van der Waals surface area contributed by atoms with Crippen LogP contribution >= 0.6 is 38.2 Å². The molecule has 3 aliphatic heterocycles. The predicted molar refractivity (Wildman–Crippen MR) is 218 cm³/mol. The summed E-state index contributed by atoms with van der Waals surface area (Å²) in [5.74, 6) is 1.68. The van der Waals surface area contributed by atoms with Gasteiger partial charge >= 0.3 is 30.8 Å². The zero-order valence-electron chi connectivity index (χ0n) is 29.7. The van der Waals surface area contributed by atoms with E-state index >= 15 is 4.57 Å². The van der Waals surface area contributed by atoms with E-state index in [-0.39, 0.29) is 11.5 Å². The van der Waals surface area contributed by atoms with Gasteiger partial charge in [0, 0.05) is 35.6 Å². The smallest absolute Gasteiger partial charge is 0.413 e. The van der Waals surface area contributed by atoms with Crippen LogP contribution in [0.5, 0.6) is 34.5 Å². The van der Waals surface area contributed by atoms with Crippen LogP contribution in [-0.2, 0) is 17.8 Å². The Bertz CT molecular complexity index is 2520. The zero-order chi connectivity index (χ0) is 38.4. The first-order valence-electron chi connectivity index (χ1n) is 17.1. The molecule has 0 saturated carbocycles. The molecule has 3 heterocycles. The van der Waals surface area contributed by atoms with Crippen molar-refractivity contribution in [1.29, 1.82) is 0 Å². The van der Waals surface area contributed by atoms with Crippen LogP contribution in [0, 0.1) is 0 Å². The Morgan fingerprint density at radius 1 is 0.429 bits per heavy atom. The second-order valence-corrected chi connectivity index (χ2v) is 23.7. The normalized spacial score (nSPS) is 18.4. The van der Waals surface area contributed by atoms with E-state index in [0.29, 0.717) is 45.3 Å². The molecule has 0 N–H and O–H groups in total. The van der Waals surface area contributed by atoms with E-state index < -0.39 is 38.2 Å². The van der Waals surface area contributed by atoms with Crippen molar-refractivity contribution in [2.75, 3.05) is 13.3 Å². The second kappa shape index (κ2) is 14.3. The molecule has 1 atom stereocenters. The lowest BCUT2D eigenvalue weighted by Crippen LogP contribution is -2.10. The highest BCUT2D eigenvalue weighted by molar-refractivity contribution is 7.83. The fourth-order valence-corrected chi connectivity index (χ4v) is 20.0.